The number of hydrogen-bond donors (Lipinski definition) is 2. The van der Waals surface area contributed by atoms with Crippen LogP contribution in [0, 0.1) is 0 Å². The molecular weight excluding hydrogens is 280 g/mol. The van der Waals surface area contributed by atoms with E-state index in [1.807, 2.05) is 49.5 Å². The lowest BCUT2D eigenvalue weighted by atomic mass is 10.2. The maximum Gasteiger partial charge on any atom is 0.0486 e. The van der Waals surface area contributed by atoms with Crippen molar-refractivity contribution in [2.45, 2.75) is 12.3 Å². The Morgan fingerprint density at radius 2 is 1.76 bits per heavy atom. The number of anilines is 1. The fourth-order valence-corrected chi connectivity index (χ4v) is 3.17. The molecule has 0 radical (unpaired) electrons. The third-order valence-corrected chi connectivity index (χ3v) is 4.54. The van der Waals surface area contributed by atoms with E-state index in [-0.39, 0.29) is 0 Å². The van der Waals surface area contributed by atoms with Gasteiger partial charge in [0.05, 0.1) is 0 Å². The minimum atomic E-state index is -0.810. The van der Waals surface area contributed by atoms with E-state index in [1.165, 1.54) is 5.56 Å². The van der Waals surface area contributed by atoms with Gasteiger partial charge in [0, 0.05) is 48.1 Å². The summed E-state index contributed by atoms with van der Waals surface area (Å²) in [5, 5.41) is 6.48. The van der Waals surface area contributed by atoms with Crippen LogP contribution in [0.15, 0.2) is 54.6 Å². The molecule has 0 bridgehead atoms. The van der Waals surface area contributed by atoms with Gasteiger partial charge in [-0.05, 0) is 23.3 Å². The molecule has 2 N–H and O–H groups in total. The minimum Gasteiger partial charge on any atom is -0.388 e. The molecule has 0 aliphatic carbocycles. The van der Waals surface area contributed by atoms with Crippen LogP contribution in [0.3, 0.4) is 0 Å². The van der Waals surface area contributed by atoms with Crippen LogP contribution in [0.4, 0.5) is 5.69 Å². The molecule has 1 atom stereocenters. The Kier molecular flexibility index (Phi) is 6.44. The van der Waals surface area contributed by atoms with Gasteiger partial charge in [-0.2, -0.15) is 0 Å². The molecule has 0 aliphatic heterocycles. The number of nitrogens with one attached hydrogen (secondary N) is 2. The van der Waals surface area contributed by atoms with Gasteiger partial charge in [0.2, 0.25) is 0 Å². The maximum atomic E-state index is 12.0. The van der Waals surface area contributed by atoms with Gasteiger partial charge in [-0.1, -0.05) is 42.5 Å². The summed E-state index contributed by atoms with van der Waals surface area (Å²) in [6, 6.07) is 18.3. The largest absolute Gasteiger partial charge is 0.388 e. The molecule has 3 nitrogen and oxygen atoms in total. The highest BCUT2D eigenvalue weighted by molar-refractivity contribution is 7.84. The molecule has 0 saturated carbocycles. The second kappa shape index (κ2) is 8.60. The molecule has 2 rings (SSSR count). The van der Waals surface area contributed by atoms with Crippen LogP contribution in [0.1, 0.15) is 11.1 Å². The van der Waals surface area contributed by atoms with Gasteiger partial charge in [0.15, 0.2) is 0 Å². The Balaban J connectivity index is 1.68. The van der Waals surface area contributed by atoms with E-state index in [1.54, 1.807) is 0 Å². The van der Waals surface area contributed by atoms with Crippen LogP contribution < -0.4 is 10.6 Å². The van der Waals surface area contributed by atoms with Crippen LogP contribution in [-0.4, -0.2) is 23.6 Å². The molecule has 0 aromatic heterocycles. The van der Waals surface area contributed by atoms with E-state index in [0.29, 0.717) is 11.5 Å². The standard InChI is InChI=1S/C17H22N2OS/c1-18-17-9-5-8-16(12-17)13-19-10-11-21(20)14-15-6-3-2-4-7-15/h2-9,12,18-19H,10-11,13-14H2,1H3. The summed E-state index contributed by atoms with van der Waals surface area (Å²) in [6.45, 7) is 1.57. The minimum absolute atomic E-state index is 0.637. The van der Waals surface area contributed by atoms with E-state index in [4.69, 9.17) is 0 Å². The molecule has 4 heteroatoms. The molecule has 0 fully saturated rings. The predicted molar refractivity (Wildman–Crippen MR) is 90.9 cm³/mol. The number of hydrogen-bond acceptors (Lipinski definition) is 3. The number of benzene rings is 2. The molecule has 0 amide bonds. The van der Waals surface area contributed by atoms with Gasteiger partial charge in [-0.3, -0.25) is 4.21 Å². The fourth-order valence-electron chi connectivity index (χ4n) is 2.09. The molecule has 0 spiro atoms. The molecule has 112 valence electrons. The highest BCUT2D eigenvalue weighted by atomic mass is 32.2. The first-order valence-electron chi connectivity index (χ1n) is 7.14. The highest BCUT2D eigenvalue weighted by Crippen LogP contribution is 2.09. The van der Waals surface area contributed by atoms with E-state index in [9.17, 15) is 4.21 Å². The molecule has 1 unspecified atom stereocenters. The second-order valence-electron chi connectivity index (χ2n) is 4.90. The number of rotatable bonds is 8. The van der Waals surface area contributed by atoms with Gasteiger partial charge in [0.25, 0.3) is 0 Å². The lowest BCUT2D eigenvalue weighted by molar-refractivity contribution is 0.672. The van der Waals surface area contributed by atoms with Crippen molar-refractivity contribution in [3.63, 3.8) is 0 Å². The third kappa shape index (κ3) is 5.69. The fraction of sp³-hybridized carbons (Fsp3) is 0.294. The molecule has 2 aromatic carbocycles. The van der Waals surface area contributed by atoms with Gasteiger partial charge in [-0.25, -0.2) is 0 Å². The first-order chi connectivity index (χ1) is 10.3. The van der Waals surface area contributed by atoms with Gasteiger partial charge < -0.3 is 10.6 Å². The molecule has 21 heavy (non-hydrogen) atoms. The van der Waals surface area contributed by atoms with Crippen molar-refractivity contribution in [1.29, 1.82) is 0 Å². The van der Waals surface area contributed by atoms with Crippen LogP contribution in [-0.2, 0) is 23.1 Å². The van der Waals surface area contributed by atoms with E-state index >= 15 is 0 Å². The Bertz CT molecular complexity index is 572. The quantitative estimate of drug-likeness (QED) is 0.737. The Hall–Kier alpha value is -1.65. The van der Waals surface area contributed by atoms with Crippen molar-refractivity contribution < 1.29 is 4.21 Å². The lowest BCUT2D eigenvalue weighted by Crippen LogP contribution is -2.20. The molecule has 0 aliphatic rings. The van der Waals surface area contributed by atoms with Crippen molar-refractivity contribution in [1.82, 2.24) is 5.32 Å². The monoisotopic (exact) mass is 302 g/mol. The van der Waals surface area contributed by atoms with Gasteiger partial charge >= 0.3 is 0 Å². The van der Waals surface area contributed by atoms with Crippen LogP contribution in [0.5, 0.6) is 0 Å². The maximum absolute atomic E-state index is 12.0. The van der Waals surface area contributed by atoms with Crippen LogP contribution in [0.25, 0.3) is 0 Å². The van der Waals surface area contributed by atoms with E-state index in [0.717, 1.165) is 24.3 Å². The summed E-state index contributed by atoms with van der Waals surface area (Å²) in [5.41, 5.74) is 3.48. The summed E-state index contributed by atoms with van der Waals surface area (Å²) < 4.78 is 12.0. The smallest absolute Gasteiger partial charge is 0.0486 e. The SMILES string of the molecule is CNc1cccc(CNCCS(=O)Cc2ccccc2)c1. The topological polar surface area (TPSA) is 41.1 Å². The Morgan fingerprint density at radius 3 is 2.52 bits per heavy atom. The van der Waals surface area contributed by atoms with Crippen LogP contribution >= 0.6 is 0 Å². The summed E-state index contributed by atoms with van der Waals surface area (Å²) in [4.78, 5) is 0. The first kappa shape index (κ1) is 15.7. The van der Waals surface area contributed by atoms with Crippen molar-refractivity contribution in [3.05, 3.63) is 65.7 Å². The molecule has 0 heterocycles. The van der Waals surface area contributed by atoms with E-state index < -0.39 is 10.8 Å². The zero-order valence-electron chi connectivity index (χ0n) is 12.3. The summed E-state index contributed by atoms with van der Waals surface area (Å²) in [6.07, 6.45) is 0. The molecule has 0 saturated heterocycles. The Labute approximate surface area is 129 Å². The molecular formula is C17H22N2OS. The van der Waals surface area contributed by atoms with Crippen molar-refractivity contribution in [2.24, 2.45) is 0 Å². The lowest BCUT2D eigenvalue weighted by Gasteiger charge is -2.07. The van der Waals surface area contributed by atoms with Crippen molar-refractivity contribution >= 4 is 16.5 Å². The first-order valence-corrected chi connectivity index (χ1v) is 8.63. The Morgan fingerprint density at radius 1 is 1.00 bits per heavy atom. The van der Waals surface area contributed by atoms with Gasteiger partial charge in [-0.15, -0.1) is 0 Å². The van der Waals surface area contributed by atoms with Crippen LogP contribution in [0.2, 0.25) is 0 Å². The summed E-state index contributed by atoms with van der Waals surface area (Å²) in [5.74, 6) is 1.32. The third-order valence-electron chi connectivity index (χ3n) is 3.22. The van der Waals surface area contributed by atoms with Crippen molar-refractivity contribution in [3.8, 4) is 0 Å². The zero-order valence-corrected chi connectivity index (χ0v) is 13.2. The second-order valence-corrected chi connectivity index (χ2v) is 6.48. The van der Waals surface area contributed by atoms with Gasteiger partial charge in [0.1, 0.15) is 0 Å². The van der Waals surface area contributed by atoms with E-state index in [2.05, 4.69) is 22.8 Å². The summed E-state index contributed by atoms with van der Waals surface area (Å²) in [7, 11) is 1.11. The van der Waals surface area contributed by atoms with Crippen molar-refractivity contribution in [2.75, 3.05) is 24.7 Å². The average Bonchev–Trinajstić information content (AvgIpc) is 2.53. The average molecular weight is 302 g/mol. The summed E-state index contributed by atoms with van der Waals surface area (Å²) >= 11 is 0. The normalized spacial score (nSPS) is 12.0. The zero-order chi connectivity index (χ0) is 14.9. The highest BCUT2D eigenvalue weighted by Gasteiger charge is 2.01. The molecule has 2 aromatic rings. The predicted octanol–water partition coefficient (Wildman–Crippen LogP) is 2.77.